The molecule has 0 spiro atoms. The number of benzene rings is 12. The van der Waals surface area contributed by atoms with Crippen LogP contribution in [0.5, 0.6) is 0 Å². The van der Waals surface area contributed by atoms with Crippen LogP contribution in [0.25, 0.3) is 66.8 Å². The first-order valence-electron chi connectivity index (χ1n) is 43.8. The van der Waals surface area contributed by atoms with Gasteiger partial charge in [0, 0.05) is 75.2 Å². The van der Waals surface area contributed by atoms with E-state index in [1.165, 1.54) is 66.8 Å². The SMILES string of the molecule is [2H]C(C)(C)c1cc(-c2ccccc2)ccc1N(c1ccc2c(c1C([2H])(C)C)C(C)(C)c1ccccc1-2)C(C)(C)C.[2H]C(C)(C)c1cc(-c2ccccc2)ccc1N(c1ccc2c(c1C([2H])(C)C)C(C)(C)c1ccccc1-2)C(C)(C)C.[2H]C(C)c1cc(-c2ccccc2)ccc1N(c1ccc2c(c1C([2H])C)C(C)(C)c1ccccc1-2)C(C)(C)C. The maximum absolute atomic E-state index is 9.49. The molecule has 0 N–H and O–H groups in total. The first kappa shape index (κ1) is 72.3. The molecule has 15 rings (SSSR count). The predicted octanol–water partition coefficient (Wildman–Crippen LogP) is 31.4. The Kier molecular flexibility index (Phi) is 19.9. The lowest BCUT2D eigenvalue weighted by molar-refractivity contribution is 0.552. The molecule has 2 unspecified atom stereocenters. The number of aryl methyl sites for hydroxylation is 1. The molecule has 3 nitrogen and oxygen atoms in total. The summed E-state index contributed by atoms with van der Waals surface area (Å²) < 4.78 is 55.3. The van der Waals surface area contributed by atoms with Crippen molar-refractivity contribution in [2.24, 2.45) is 0 Å². The van der Waals surface area contributed by atoms with E-state index in [0.29, 0.717) is 0 Å². The fourth-order valence-electron chi connectivity index (χ4n) is 18.7. The number of rotatable bonds is 15. The Labute approximate surface area is 683 Å². The fourth-order valence-corrected chi connectivity index (χ4v) is 18.7. The van der Waals surface area contributed by atoms with Gasteiger partial charge in [0.15, 0.2) is 0 Å². The van der Waals surface area contributed by atoms with Gasteiger partial charge < -0.3 is 14.7 Å². The Balaban J connectivity index is 0.000000154. The van der Waals surface area contributed by atoms with Gasteiger partial charge in [0.2, 0.25) is 0 Å². The predicted molar refractivity (Wildman–Crippen MR) is 488 cm³/mol. The number of hydrogen-bond acceptors (Lipinski definition) is 3. The Morgan fingerprint density at radius 2 is 0.571 bits per heavy atom. The molecule has 12 aromatic carbocycles. The Bertz CT molecular complexity index is 5480. The maximum Gasteiger partial charge on any atom is 0.0454 e. The third kappa shape index (κ3) is 14.6. The van der Waals surface area contributed by atoms with Gasteiger partial charge in [0.05, 0.1) is 0 Å². The van der Waals surface area contributed by atoms with Crippen molar-refractivity contribution in [2.45, 2.75) is 242 Å². The summed E-state index contributed by atoms with van der Waals surface area (Å²) in [6.45, 7) is 53.7. The van der Waals surface area contributed by atoms with E-state index in [2.05, 4.69) is 355 Å². The molecule has 0 aliphatic heterocycles. The van der Waals surface area contributed by atoms with E-state index in [-0.39, 0.29) is 32.9 Å². The summed E-state index contributed by atoms with van der Waals surface area (Å²) >= 11 is 0. The van der Waals surface area contributed by atoms with E-state index in [1.807, 2.05) is 87.4 Å². The lowest BCUT2D eigenvalue weighted by Gasteiger charge is -2.42. The molecule has 112 heavy (non-hydrogen) atoms. The average Bonchev–Trinajstić information content (AvgIpc) is 1.54. The standard InChI is InChI=1S/2C37H43N.C35H39N/c2*1-24(2)30-23-27(26-15-11-10-12-16-26)19-21-32(30)38(36(5,6)7)33-22-20-29-28-17-13-14-18-31(28)37(8,9)35(29)34(33)25(3)4;1-8-24-23-26(25-15-11-10-12-16-25)19-21-31(24)36(34(3,4)5)32-22-20-29-28-17-13-14-18-30(28)35(6,7)33(29)27(32)9-2/h2*10-25H,1-9H3;10-23H,8-9H2,1-7H3/i2*24D,25D;8D,9D. The average molecular weight is 1480 g/mol. The largest absolute Gasteiger partial charge is 0.336 e. The van der Waals surface area contributed by atoms with Gasteiger partial charge in [-0.25, -0.2) is 0 Å². The molecule has 0 radical (unpaired) electrons. The smallest absolute Gasteiger partial charge is 0.0454 e. The third-order valence-electron chi connectivity index (χ3n) is 23.6. The maximum atomic E-state index is 9.49. The van der Waals surface area contributed by atoms with Crippen molar-refractivity contribution >= 4 is 34.1 Å². The number of nitrogens with zero attached hydrogens (tertiary/aromatic N) is 3. The fraction of sp³-hybridized carbons (Fsp3) is 0.339. The minimum Gasteiger partial charge on any atom is -0.336 e. The van der Waals surface area contributed by atoms with E-state index < -0.39 is 36.4 Å². The van der Waals surface area contributed by atoms with Crippen molar-refractivity contribution in [3.63, 3.8) is 0 Å². The van der Waals surface area contributed by atoms with E-state index in [1.54, 1.807) is 0 Å². The first-order valence-corrected chi connectivity index (χ1v) is 40.7. The Morgan fingerprint density at radius 1 is 0.286 bits per heavy atom. The highest BCUT2D eigenvalue weighted by atomic mass is 15.2. The Hall–Kier alpha value is -9.96. The molecule has 0 heterocycles. The highest BCUT2D eigenvalue weighted by Gasteiger charge is 2.44. The third-order valence-corrected chi connectivity index (χ3v) is 23.6. The van der Waals surface area contributed by atoms with Crippen LogP contribution in [0.2, 0.25) is 0 Å². The molecule has 0 aromatic heterocycles. The van der Waals surface area contributed by atoms with Crippen LogP contribution in [-0.4, -0.2) is 16.6 Å². The van der Waals surface area contributed by atoms with Gasteiger partial charge in [-0.1, -0.05) is 311 Å². The number of hydrogen-bond donors (Lipinski definition) is 0. The van der Waals surface area contributed by atoms with E-state index in [9.17, 15) is 5.48 Å². The minimum absolute atomic E-state index is 0.196. The van der Waals surface area contributed by atoms with Gasteiger partial charge in [0.1, 0.15) is 0 Å². The molecular formula is C109H125N3. The van der Waals surface area contributed by atoms with Gasteiger partial charge in [0.25, 0.3) is 0 Å². The van der Waals surface area contributed by atoms with Crippen LogP contribution in [0.1, 0.15) is 272 Å². The molecule has 0 bridgehead atoms. The molecule has 576 valence electrons. The summed E-state index contributed by atoms with van der Waals surface area (Å²) in [5, 5.41) is 0. The summed E-state index contributed by atoms with van der Waals surface area (Å²) in [7, 11) is 0. The zero-order valence-corrected chi connectivity index (χ0v) is 71.7. The first-order chi connectivity index (χ1) is 55.0. The summed E-state index contributed by atoms with van der Waals surface area (Å²) in [5.74, 6) is -3.34. The van der Waals surface area contributed by atoms with Crippen molar-refractivity contribution in [3.8, 4) is 66.8 Å². The zero-order valence-electron chi connectivity index (χ0n) is 77.7. The Morgan fingerprint density at radius 3 is 0.893 bits per heavy atom. The van der Waals surface area contributed by atoms with E-state index >= 15 is 0 Å². The summed E-state index contributed by atoms with van der Waals surface area (Å²) in [4.78, 5) is 7.15. The van der Waals surface area contributed by atoms with Crippen molar-refractivity contribution in [2.75, 3.05) is 14.7 Å². The van der Waals surface area contributed by atoms with Crippen LogP contribution >= 0.6 is 0 Å². The van der Waals surface area contributed by atoms with Crippen LogP contribution in [0, 0.1) is 0 Å². The normalized spacial score (nSPS) is 15.7. The highest BCUT2D eigenvalue weighted by Crippen LogP contribution is 2.59. The van der Waals surface area contributed by atoms with Crippen molar-refractivity contribution < 1.29 is 8.22 Å². The molecule has 3 heteroatoms. The number of anilines is 6. The molecule has 12 aromatic rings. The lowest BCUT2D eigenvalue weighted by Crippen LogP contribution is -2.39. The molecular weight excluding hydrogens is 1350 g/mol. The number of fused-ring (bicyclic) bond motifs is 9. The van der Waals surface area contributed by atoms with Crippen LogP contribution in [0.4, 0.5) is 34.1 Å². The zero-order chi connectivity index (χ0) is 85.9. The van der Waals surface area contributed by atoms with Gasteiger partial charge in [-0.05, 0) is 287 Å². The van der Waals surface area contributed by atoms with Crippen molar-refractivity contribution in [1.82, 2.24) is 0 Å². The monoisotopic (exact) mass is 1480 g/mol. The second kappa shape index (κ2) is 30.9. The highest BCUT2D eigenvalue weighted by molar-refractivity contribution is 5.91. The van der Waals surface area contributed by atoms with Crippen LogP contribution in [0.3, 0.4) is 0 Å². The van der Waals surface area contributed by atoms with Crippen molar-refractivity contribution in [3.05, 3.63) is 322 Å². The lowest BCUT2D eigenvalue weighted by atomic mass is 9.77. The molecule has 3 aliphatic rings. The molecule has 3 aliphatic carbocycles. The van der Waals surface area contributed by atoms with Gasteiger partial charge >= 0.3 is 0 Å². The van der Waals surface area contributed by atoms with Crippen LogP contribution in [-0.2, 0) is 29.0 Å². The second-order valence-corrected chi connectivity index (χ2v) is 36.6. The molecule has 2 atom stereocenters. The summed E-state index contributed by atoms with van der Waals surface area (Å²) in [6.07, 6.45) is -0.802. The molecule has 0 amide bonds. The molecule has 0 saturated heterocycles. The topological polar surface area (TPSA) is 9.72 Å². The van der Waals surface area contributed by atoms with Gasteiger partial charge in [-0.15, -0.1) is 0 Å². The van der Waals surface area contributed by atoms with E-state index in [4.69, 9.17) is 2.74 Å². The summed E-state index contributed by atoms with van der Waals surface area (Å²) in [6, 6.07) is 90.3. The summed E-state index contributed by atoms with van der Waals surface area (Å²) in [5.41, 5.74) is 32.8. The second-order valence-electron chi connectivity index (χ2n) is 36.6. The van der Waals surface area contributed by atoms with Gasteiger partial charge in [-0.3, -0.25) is 0 Å². The van der Waals surface area contributed by atoms with Crippen LogP contribution < -0.4 is 14.7 Å². The van der Waals surface area contributed by atoms with Gasteiger partial charge in [-0.2, -0.15) is 0 Å². The minimum atomic E-state index is -0.843. The quantitative estimate of drug-likeness (QED) is 0.101. The van der Waals surface area contributed by atoms with Crippen LogP contribution in [0.15, 0.2) is 255 Å². The molecule has 0 fully saturated rings. The van der Waals surface area contributed by atoms with Crippen molar-refractivity contribution in [1.29, 1.82) is 0 Å². The van der Waals surface area contributed by atoms with E-state index in [0.717, 1.165) is 101 Å². The molecule has 0 saturated carbocycles.